The first kappa shape index (κ1) is 23.8. The highest BCUT2D eigenvalue weighted by Crippen LogP contribution is 2.41. The molecular formula is C26H24F3N5O2. The van der Waals surface area contributed by atoms with Crippen LogP contribution in [0.3, 0.4) is 0 Å². The topological polar surface area (TPSA) is 79.6 Å². The number of nitrogens with zero attached hydrogens (tertiary/aromatic N) is 4. The van der Waals surface area contributed by atoms with Crippen molar-refractivity contribution in [3.63, 3.8) is 0 Å². The first-order chi connectivity index (χ1) is 17.1. The Labute approximate surface area is 205 Å². The van der Waals surface area contributed by atoms with Gasteiger partial charge in [0.25, 0.3) is 5.91 Å². The second kappa shape index (κ2) is 8.92. The highest BCUT2D eigenvalue weighted by molar-refractivity contribution is 6.47. The van der Waals surface area contributed by atoms with E-state index < -0.39 is 23.3 Å². The van der Waals surface area contributed by atoms with E-state index in [2.05, 4.69) is 10.3 Å². The molecule has 1 fully saturated rings. The number of rotatable bonds is 5. The fourth-order valence-electron chi connectivity index (χ4n) is 4.80. The molecule has 7 nitrogen and oxygen atoms in total. The summed E-state index contributed by atoms with van der Waals surface area (Å²) in [4.78, 5) is 36.8. The number of aromatic nitrogens is 2. The van der Waals surface area contributed by atoms with Crippen molar-refractivity contribution in [2.75, 3.05) is 11.9 Å². The minimum Gasteiger partial charge on any atom is -0.325 e. The van der Waals surface area contributed by atoms with Crippen molar-refractivity contribution in [3.05, 3.63) is 77.9 Å². The Hall–Kier alpha value is -3.95. The van der Waals surface area contributed by atoms with Crippen molar-refractivity contribution in [1.82, 2.24) is 14.5 Å². The van der Waals surface area contributed by atoms with Crippen molar-refractivity contribution >= 4 is 23.2 Å². The number of carbonyl (C=O) groups is 2. The van der Waals surface area contributed by atoms with Gasteiger partial charge in [-0.2, -0.15) is 13.2 Å². The molecule has 1 spiro atoms. The normalized spacial score (nSPS) is 17.1. The Kier molecular flexibility index (Phi) is 5.89. The van der Waals surface area contributed by atoms with Crippen molar-refractivity contribution in [3.8, 4) is 5.69 Å². The average molecular weight is 496 g/mol. The zero-order chi connectivity index (χ0) is 25.5. The summed E-state index contributed by atoms with van der Waals surface area (Å²) in [7, 11) is 0. The lowest BCUT2D eigenvalue weighted by Crippen LogP contribution is -2.48. The molecule has 1 N–H and O–H groups in total. The molecule has 1 aliphatic carbocycles. The molecule has 5 rings (SSSR count). The third kappa shape index (κ3) is 4.50. The zero-order valence-corrected chi connectivity index (χ0v) is 19.5. The maximum Gasteiger partial charge on any atom is 0.416 e. The highest BCUT2D eigenvalue weighted by Gasteiger charge is 2.49. The van der Waals surface area contributed by atoms with Gasteiger partial charge in [-0.15, -0.1) is 0 Å². The molecule has 0 saturated heterocycles. The molecule has 2 aliphatic rings. The van der Waals surface area contributed by atoms with Crippen molar-refractivity contribution in [2.45, 2.75) is 44.4 Å². The molecule has 2 aromatic carbocycles. The molecule has 0 radical (unpaired) electrons. The van der Waals surface area contributed by atoms with Gasteiger partial charge in [0.15, 0.2) is 0 Å². The first-order valence-electron chi connectivity index (χ1n) is 11.6. The molecule has 1 aliphatic heterocycles. The number of benzene rings is 2. The number of anilines is 1. The number of imidazole rings is 1. The van der Waals surface area contributed by atoms with Crippen LogP contribution in [-0.4, -0.2) is 44.2 Å². The molecule has 3 aromatic rings. The van der Waals surface area contributed by atoms with E-state index in [1.165, 1.54) is 17.0 Å². The van der Waals surface area contributed by atoms with Crippen LogP contribution < -0.4 is 5.32 Å². The monoisotopic (exact) mass is 495 g/mol. The second-order valence-electron chi connectivity index (χ2n) is 9.13. The van der Waals surface area contributed by atoms with Crippen molar-refractivity contribution in [1.29, 1.82) is 0 Å². The third-order valence-corrected chi connectivity index (χ3v) is 6.62. The molecule has 0 bridgehead atoms. The number of alkyl halides is 3. The van der Waals surface area contributed by atoms with Crippen molar-refractivity contribution < 1.29 is 22.8 Å². The molecule has 10 heteroatoms. The summed E-state index contributed by atoms with van der Waals surface area (Å²) in [5, 5.41) is 2.60. The fourth-order valence-corrected chi connectivity index (χ4v) is 4.80. The number of hydrogen-bond acceptors (Lipinski definition) is 4. The van der Waals surface area contributed by atoms with Gasteiger partial charge in [-0.1, -0.05) is 12.1 Å². The molecule has 2 heterocycles. The molecular weight excluding hydrogens is 471 g/mol. The summed E-state index contributed by atoms with van der Waals surface area (Å²) in [6, 6.07) is 11.6. The predicted molar refractivity (Wildman–Crippen MR) is 128 cm³/mol. The molecule has 186 valence electrons. The van der Waals surface area contributed by atoms with Crippen LogP contribution in [0.15, 0.2) is 66.0 Å². The Morgan fingerprint density at radius 2 is 1.72 bits per heavy atom. The van der Waals surface area contributed by atoms with E-state index in [-0.39, 0.29) is 18.1 Å². The Balaban J connectivity index is 1.33. The summed E-state index contributed by atoms with van der Waals surface area (Å²) in [6.45, 7) is 1.67. The largest absolute Gasteiger partial charge is 0.416 e. The van der Waals surface area contributed by atoms with E-state index >= 15 is 0 Å². The summed E-state index contributed by atoms with van der Waals surface area (Å²) in [6.07, 6.45) is 2.25. The van der Waals surface area contributed by atoms with E-state index in [4.69, 9.17) is 4.99 Å². The summed E-state index contributed by atoms with van der Waals surface area (Å²) < 4.78 is 40.3. The first-order valence-corrected chi connectivity index (χ1v) is 11.6. The third-order valence-electron chi connectivity index (χ3n) is 6.62. The van der Waals surface area contributed by atoms with Gasteiger partial charge in [0.2, 0.25) is 5.91 Å². The zero-order valence-electron chi connectivity index (χ0n) is 19.5. The number of nitrogens with one attached hydrogen (secondary N) is 1. The summed E-state index contributed by atoms with van der Waals surface area (Å²) in [5.41, 5.74) is 1.42. The Bertz CT molecular complexity index is 1320. The van der Waals surface area contributed by atoms with Crippen LogP contribution >= 0.6 is 0 Å². The van der Waals surface area contributed by atoms with Gasteiger partial charge < -0.3 is 14.8 Å². The van der Waals surface area contributed by atoms with Gasteiger partial charge in [0, 0.05) is 23.1 Å². The lowest BCUT2D eigenvalue weighted by Gasteiger charge is -2.32. The standard InChI is InChI=1S/C26H24F3N5O2/c1-17-14-33(16-30-17)21-10-4-18(5-11-21)23-24(36)34(25(32-23)12-2-3-13-25)15-22(35)31-20-8-6-19(7-9-20)26(27,28)29/h4-11,14,16H,2-3,12-13,15H2,1H3,(H,31,35). The van der Waals surface area contributed by atoms with Gasteiger partial charge >= 0.3 is 6.18 Å². The molecule has 1 saturated carbocycles. The van der Waals surface area contributed by atoms with E-state index in [0.717, 1.165) is 36.4 Å². The van der Waals surface area contributed by atoms with E-state index in [1.54, 1.807) is 6.33 Å². The lowest BCUT2D eigenvalue weighted by molar-refractivity contribution is -0.137. The smallest absolute Gasteiger partial charge is 0.325 e. The van der Waals surface area contributed by atoms with Crippen LogP contribution in [0, 0.1) is 6.92 Å². The molecule has 36 heavy (non-hydrogen) atoms. The number of halogens is 3. The maximum absolute atomic E-state index is 13.4. The van der Waals surface area contributed by atoms with Gasteiger partial charge in [0.1, 0.15) is 17.9 Å². The van der Waals surface area contributed by atoms with Crippen LogP contribution in [0.1, 0.15) is 42.5 Å². The quantitative estimate of drug-likeness (QED) is 0.555. The van der Waals surface area contributed by atoms with Gasteiger partial charge in [-0.05, 0) is 69.0 Å². The molecule has 1 aromatic heterocycles. The number of carbonyl (C=O) groups excluding carboxylic acids is 2. The van der Waals surface area contributed by atoms with Gasteiger partial charge in [-0.3, -0.25) is 14.6 Å². The lowest BCUT2D eigenvalue weighted by atomic mass is 10.1. The average Bonchev–Trinajstić information content (AvgIpc) is 3.56. The number of aliphatic imine (C=N–C) groups is 1. The summed E-state index contributed by atoms with van der Waals surface area (Å²) >= 11 is 0. The minimum atomic E-state index is -4.46. The fraction of sp³-hybridized carbons (Fsp3) is 0.308. The Morgan fingerprint density at radius 1 is 1.06 bits per heavy atom. The van der Waals surface area contributed by atoms with Crippen LogP contribution in [0.25, 0.3) is 5.69 Å². The molecule has 2 amide bonds. The van der Waals surface area contributed by atoms with Gasteiger partial charge in [0.05, 0.1) is 17.6 Å². The van der Waals surface area contributed by atoms with Crippen LogP contribution in [0.5, 0.6) is 0 Å². The Morgan fingerprint density at radius 3 is 2.31 bits per heavy atom. The van der Waals surface area contributed by atoms with E-state index in [1.807, 2.05) is 42.0 Å². The van der Waals surface area contributed by atoms with E-state index in [0.29, 0.717) is 24.1 Å². The summed E-state index contributed by atoms with van der Waals surface area (Å²) in [5.74, 6) is -0.817. The SMILES string of the molecule is Cc1cn(-c2ccc(C3=NC4(CCCC4)N(CC(=O)Nc4ccc(C(F)(F)F)cc4)C3=O)cc2)cn1. The van der Waals surface area contributed by atoms with Crippen LogP contribution in [0.2, 0.25) is 0 Å². The molecule has 0 unspecified atom stereocenters. The predicted octanol–water partition coefficient (Wildman–Crippen LogP) is 4.74. The van der Waals surface area contributed by atoms with Crippen LogP contribution in [-0.2, 0) is 15.8 Å². The van der Waals surface area contributed by atoms with Crippen LogP contribution in [0.4, 0.5) is 18.9 Å². The van der Waals surface area contributed by atoms with E-state index in [9.17, 15) is 22.8 Å². The van der Waals surface area contributed by atoms with Crippen molar-refractivity contribution in [2.24, 2.45) is 4.99 Å². The number of amides is 2. The highest BCUT2D eigenvalue weighted by atomic mass is 19.4. The second-order valence-corrected chi connectivity index (χ2v) is 9.13. The maximum atomic E-state index is 13.4. The van der Waals surface area contributed by atoms with Gasteiger partial charge in [-0.25, -0.2) is 4.98 Å². The minimum absolute atomic E-state index is 0.228. The number of hydrogen-bond donors (Lipinski definition) is 1. The number of aryl methyl sites for hydroxylation is 1. The molecule has 0 atom stereocenters.